The van der Waals surface area contributed by atoms with E-state index in [-0.39, 0.29) is 35.8 Å². The number of H-pyrrole nitrogens is 1. The molecule has 2 saturated carbocycles. The monoisotopic (exact) mass is 363 g/mol. The van der Waals surface area contributed by atoms with Gasteiger partial charge >= 0.3 is 0 Å². The number of hydrogen-bond acceptors (Lipinski definition) is 5. The minimum Gasteiger partial charge on any atom is -0.376 e. The highest BCUT2D eigenvalue weighted by atomic mass is 16.5. The zero-order valence-electron chi connectivity index (χ0n) is 15.5. The van der Waals surface area contributed by atoms with Crippen LogP contribution < -0.4 is 16.4 Å². The molecule has 2 amide bonds. The summed E-state index contributed by atoms with van der Waals surface area (Å²) in [5.41, 5.74) is 6.58. The molecule has 1 aromatic heterocycles. The average molecular weight is 363 g/mol. The molecule has 0 aliphatic heterocycles. The van der Waals surface area contributed by atoms with Gasteiger partial charge in [-0.05, 0) is 45.4 Å². The second-order valence-electron chi connectivity index (χ2n) is 7.38. The number of aromatic amines is 1. The number of nitrogen functional groups attached to an aromatic ring is 1. The number of nitrogens with one attached hydrogen (secondary N) is 3. The Kier molecular flexibility index (Phi) is 5.80. The topological polar surface area (TPSA) is 122 Å². The van der Waals surface area contributed by atoms with E-state index < -0.39 is 0 Å². The molecule has 5 N–H and O–H groups in total. The number of aromatic nitrogens is 2. The van der Waals surface area contributed by atoms with E-state index in [1.54, 1.807) is 6.92 Å². The van der Waals surface area contributed by atoms with Gasteiger partial charge in [0, 0.05) is 24.3 Å². The van der Waals surface area contributed by atoms with Gasteiger partial charge in [-0.2, -0.15) is 0 Å². The van der Waals surface area contributed by atoms with Gasteiger partial charge in [0.25, 0.3) is 5.91 Å². The summed E-state index contributed by atoms with van der Waals surface area (Å²) in [6, 6.07) is 0.236. The number of nitrogens with two attached hydrogens (primary N) is 1. The lowest BCUT2D eigenvalue weighted by atomic mass is 9.83. The SMILES string of the molecule is CCCO[C@@H]1C[C@@H](C(=O)NC2CC2)CC[C@H]1NC(=O)c1nc(N)[nH]c1C. The van der Waals surface area contributed by atoms with Crippen molar-refractivity contribution in [1.29, 1.82) is 0 Å². The first-order valence-corrected chi connectivity index (χ1v) is 9.52. The zero-order chi connectivity index (χ0) is 18.7. The van der Waals surface area contributed by atoms with Crippen LogP contribution in [0, 0.1) is 12.8 Å². The van der Waals surface area contributed by atoms with E-state index in [4.69, 9.17) is 10.5 Å². The first-order chi connectivity index (χ1) is 12.5. The normalized spacial score (nSPS) is 25.7. The van der Waals surface area contributed by atoms with Gasteiger partial charge in [0.15, 0.2) is 11.6 Å². The van der Waals surface area contributed by atoms with Crippen molar-refractivity contribution in [3.8, 4) is 0 Å². The van der Waals surface area contributed by atoms with E-state index in [0.717, 1.165) is 25.7 Å². The van der Waals surface area contributed by atoms with Crippen LogP contribution in [-0.4, -0.2) is 46.6 Å². The number of rotatable bonds is 7. The lowest BCUT2D eigenvalue weighted by molar-refractivity contribution is -0.128. The third-order valence-corrected chi connectivity index (χ3v) is 5.06. The van der Waals surface area contributed by atoms with Crippen molar-refractivity contribution in [3.05, 3.63) is 11.4 Å². The Morgan fingerprint density at radius 3 is 2.65 bits per heavy atom. The van der Waals surface area contributed by atoms with Gasteiger partial charge in [0.2, 0.25) is 5.91 Å². The van der Waals surface area contributed by atoms with Crippen molar-refractivity contribution in [2.24, 2.45) is 5.92 Å². The van der Waals surface area contributed by atoms with Crippen LogP contribution >= 0.6 is 0 Å². The maximum Gasteiger partial charge on any atom is 0.272 e. The molecule has 1 aromatic rings. The average Bonchev–Trinajstić information content (AvgIpc) is 3.35. The van der Waals surface area contributed by atoms with Crippen molar-refractivity contribution in [2.75, 3.05) is 12.3 Å². The number of ether oxygens (including phenoxy) is 1. The highest BCUT2D eigenvalue weighted by Crippen LogP contribution is 2.29. The zero-order valence-corrected chi connectivity index (χ0v) is 15.5. The van der Waals surface area contributed by atoms with Crippen LogP contribution in [-0.2, 0) is 9.53 Å². The Hall–Kier alpha value is -2.09. The number of aryl methyl sites for hydroxylation is 1. The van der Waals surface area contributed by atoms with Crippen molar-refractivity contribution in [1.82, 2.24) is 20.6 Å². The third kappa shape index (κ3) is 4.55. The molecule has 26 heavy (non-hydrogen) atoms. The molecule has 0 radical (unpaired) electrons. The summed E-state index contributed by atoms with van der Waals surface area (Å²) < 4.78 is 5.97. The van der Waals surface area contributed by atoms with Gasteiger partial charge in [-0.1, -0.05) is 6.92 Å². The van der Waals surface area contributed by atoms with Crippen LogP contribution in [0.2, 0.25) is 0 Å². The first-order valence-electron chi connectivity index (χ1n) is 9.52. The molecule has 2 fully saturated rings. The second-order valence-corrected chi connectivity index (χ2v) is 7.38. The largest absolute Gasteiger partial charge is 0.376 e. The summed E-state index contributed by atoms with van der Waals surface area (Å²) in [4.78, 5) is 31.8. The Morgan fingerprint density at radius 1 is 1.27 bits per heavy atom. The molecule has 3 atom stereocenters. The molecule has 144 valence electrons. The fourth-order valence-electron chi connectivity index (χ4n) is 3.47. The van der Waals surface area contributed by atoms with Gasteiger partial charge in [0.05, 0.1) is 12.1 Å². The number of hydrogen-bond donors (Lipinski definition) is 4. The van der Waals surface area contributed by atoms with Crippen LogP contribution in [0.5, 0.6) is 0 Å². The molecule has 2 aliphatic rings. The number of carbonyl (C=O) groups excluding carboxylic acids is 2. The Labute approximate surface area is 153 Å². The molecular weight excluding hydrogens is 334 g/mol. The predicted molar refractivity (Wildman–Crippen MR) is 97.5 cm³/mol. The summed E-state index contributed by atoms with van der Waals surface area (Å²) in [5, 5.41) is 6.11. The second kappa shape index (κ2) is 8.07. The fraction of sp³-hybridized carbons (Fsp3) is 0.722. The molecule has 0 bridgehead atoms. The molecule has 0 spiro atoms. The molecule has 2 aliphatic carbocycles. The number of carbonyl (C=O) groups is 2. The Balaban J connectivity index is 1.62. The van der Waals surface area contributed by atoms with Crippen molar-refractivity contribution in [3.63, 3.8) is 0 Å². The summed E-state index contributed by atoms with van der Waals surface area (Å²) >= 11 is 0. The minimum atomic E-state index is -0.258. The quantitative estimate of drug-likeness (QED) is 0.581. The Bertz CT molecular complexity index is 655. The van der Waals surface area contributed by atoms with E-state index >= 15 is 0 Å². The number of imidazole rings is 1. The van der Waals surface area contributed by atoms with Crippen LogP contribution in [0.4, 0.5) is 5.95 Å². The van der Waals surface area contributed by atoms with Crippen LogP contribution in [0.25, 0.3) is 0 Å². The molecule has 1 heterocycles. The van der Waals surface area contributed by atoms with E-state index in [2.05, 4.69) is 20.6 Å². The smallest absolute Gasteiger partial charge is 0.272 e. The lowest BCUT2D eigenvalue weighted by Gasteiger charge is -2.35. The maximum absolute atomic E-state index is 12.6. The number of amides is 2. The first kappa shape index (κ1) is 18.7. The number of anilines is 1. The fourth-order valence-corrected chi connectivity index (χ4v) is 3.47. The summed E-state index contributed by atoms with van der Waals surface area (Å²) in [5.74, 6) is 0.0463. The van der Waals surface area contributed by atoms with Crippen LogP contribution in [0.15, 0.2) is 0 Å². The molecule has 8 nitrogen and oxygen atoms in total. The summed E-state index contributed by atoms with van der Waals surface area (Å²) in [6.45, 7) is 4.42. The van der Waals surface area contributed by atoms with Crippen molar-refractivity contribution >= 4 is 17.8 Å². The summed E-state index contributed by atoms with van der Waals surface area (Å²) in [6.07, 6.45) is 4.98. The van der Waals surface area contributed by atoms with E-state index in [1.807, 2.05) is 6.92 Å². The number of nitrogens with zero attached hydrogens (tertiary/aromatic N) is 1. The molecule has 8 heteroatoms. The molecule has 3 rings (SSSR count). The molecule has 0 unspecified atom stereocenters. The van der Waals surface area contributed by atoms with Gasteiger partial charge < -0.3 is 26.1 Å². The van der Waals surface area contributed by atoms with Gasteiger partial charge in [-0.3, -0.25) is 9.59 Å². The molecule has 0 aromatic carbocycles. The van der Waals surface area contributed by atoms with E-state index in [1.165, 1.54) is 0 Å². The third-order valence-electron chi connectivity index (χ3n) is 5.06. The van der Waals surface area contributed by atoms with E-state index in [0.29, 0.717) is 36.9 Å². The van der Waals surface area contributed by atoms with Crippen LogP contribution in [0.1, 0.15) is 61.6 Å². The lowest BCUT2D eigenvalue weighted by Crippen LogP contribution is -2.50. The van der Waals surface area contributed by atoms with Gasteiger partial charge in [-0.15, -0.1) is 0 Å². The molecule has 0 saturated heterocycles. The predicted octanol–water partition coefficient (Wildman–Crippen LogP) is 1.27. The minimum absolute atomic E-state index is 0.0478. The van der Waals surface area contributed by atoms with Gasteiger partial charge in [-0.25, -0.2) is 4.98 Å². The van der Waals surface area contributed by atoms with Crippen LogP contribution in [0.3, 0.4) is 0 Å². The highest BCUT2D eigenvalue weighted by Gasteiger charge is 2.37. The van der Waals surface area contributed by atoms with Crippen molar-refractivity contribution in [2.45, 2.75) is 70.6 Å². The highest BCUT2D eigenvalue weighted by molar-refractivity contribution is 5.94. The maximum atomic E-state index is 12.6. The summed E-state index contributed by atoms with van der Waals surface area (Å²) in [7, 11) is 0. The van der Waals surface area contributed by atoms with E-state index in [9.17, 15) is 9.59 Å². The standard InChI is InChI=1S/C18H29N5O3/c1-3-8-26-14-9-11(16(24)21-12-5-6-12)4-7-13(14)22-17(25)15-10(2)20-18(19)23-15/h11-14H,3-9H2,1-2H3,(H,21,24)(H,22,25)(H3,19,20,23)/t11-,13+,14+/m0/s1. The molecular formula is C18H29N5O3. The Morgan fingerprint density at radius 2 is 2.04 bits per heavy atom. The van der Waals surface area contributed by atoms with Crippen molar-refractivity contribution < 1.29 is 14.3 Å². The van der Waals surface area contributed by atoms with Gasteiger partial charge in [0.1, 0.15) is 0 Å².